The highest BCUT2D eigenvalue weighted by atomic mass is 16.2. The van der Waals surface area contributed by atoms with Crippen LogP contribution in [0.3, 0.4) is 0 Å². The van der Waals surface area contributed by atoms with Crippen molar-refractivity contribution in [2.75, 3.05) is 0 Å². The van der Waals surface area contributed by atoms with Crippen LogP contribution < -0.4 is 11.1 Å². The fourth-order valence-electron chi connectivity index (χ4n) is 4.02. The first-order valence-electron chi connectivity index (χ1n) is 9.66. The summed E-state index contributed by atoms with van der Waals surface area (Å²) in [6, 6.07) is 18.1. The molecule has 0 radical (unpaired) electrons. The second-order valence-corrected chi connectivity index (χ2v) is 7.61. The molecule has 2 aromatic carbocycles. The maximum atomic E-state index is 13.5. The fourth-order valence-corrected chi connectivity index (χ4v) is 4.02. The van der Waals surface area contributed by atoms with Crippen molar-refractivity contribution in [1.29, 1.82) is 0 Å². The first kappa shape index (κ1) is 19.8. The van der Waals surface area contributed by atoms with Crippen molar-refractivity contribution >= 4 is 17.6 Å². The molecule has 5 nitrogen and oxygen atoms in total. The molecular weight excluding hydrogens is 352 g/mol. The lowest BCUT2D eigenvalue weighted by molar-refractivity contribution is -0.132. The third-order valence-corrected chi connectivity index (χ3v) is 5.74. The van der Waals surface area contributed by atoms with E-state index in [1.807, 2.05) is 67.6 Å². The summed E-state index contributed by atoms with van der Waals surface area (Å²) in [5.41, 5.74) is 6.27. The summed E-state index contributed by atoms with van der Waals surface area (Å²) in [5, 5.41) is 2.88. The minimum absolute atomic E-state index is 0.116. The van der Waals surface area contributed by atoms with E-state index >= 15 is 0 Å². The molecule has 1 fully saturated rings. The zero-order chi connectivity index (χ0) is 20.1. The van der Waals surface area contributed by atoms with Crippen LogP contribution >= 0.6 is 0 Å². The molecule has 0 aromatic heterocycles. The van der Waals surface area contributed by atoms with Gasteiger partial charge in [0.25, 0.3) is 0 Å². The maximum absolute atomic E-state index is 13.5. The number of benzene rings is 2. The lowest BCUT2D eigenvalue weighted by atomic mass is 9.74. The van der Waals surface area contributed by atoms with Crippen LogP contribution in [0.15, 0.2) is 60.7 Å². The Morgan fingerprint density at radius 3 is 2.04 bits per heavy atom. The van der Waals surface area contributed by atoms with Crippen LogP contribution in [0.5, 0.6) is 0 Å². The molecule has 1 aliphatic carbocycles. The quantitative estimate of drug-likeness (QED) is 0.810. The molecule has 5 heteroatoms. The fraction of sp³-hybridized carbons (Fsp3) is 0.348. The number of rotatable bonds is 6. The van der Waals surface area contributed by atoms with Crippen molar-refractivity contribution < 1.29 is 14.4 Å². The lowest BCUT2D eigenvalue weighted by Gasteiger charge is -2.34. The normalized spacial score (nSPS) is 18.3. The summed E-state index contributed by atoms with van der Waals surface area (Å²) in [6.07, 6.45) is 2.23. The van der Waals surface area contributed by atoms with Gasteiger partial charge in [-0.15, -0.1) is 0 Å². The Balaban J connectivity index is 1.95. The van der Waals surface area contributed by atoms with E-state index in [0.717, 1.165) is 17.5 Å². The Bertz CT molecular complexity index is 809. The topological polar surface area (TPSA) is 89.3 Å². The molecule has 0 saturated heterocycles. The first-order valence-corrected chi connectivity index (χ1v) is 9.66. The van der Waals surface area contributed by atoms with E-state index in [4.69, 9.17) is 5.73 Å². The number of ketones is 1. The first-order chi connectivity index (χ1) is 13.4. The van der Waals surface area contributed by atoms with E-state index in [9.17, 15) is 14.4 Å². The highest BCUT2D eigenvalue weighted by Crippen LogP contribution is 2.33. The molecule has 28 heavy (non-hydrogen) atoms. The van der Waals surface area contributed by atoms with Crippen molar-refractivity contribution in [3.8, 4) is 0 Å². The van der Waals surface area contributed by atoms with Crippen LogP contribution in [0.25, 0.3) is 0 Å². The monoisotopic (exact) mass is 378 g/mol. The second-order valence-electron chi connectivity index (χ2n) is 7.61. The van der Waals surface area contributed by atoms with E-state index in [1.165, 1.54) is 0 Å². The van der Waals surface area contributed by atoms with Gasteiger partial charge >= 0.3 is 0 Å². The van der Waals surface area contributed by atoms with Crippen molar-refractivity contribution in [2.24, 2.45) is 11.7 Å². The maximum Gasteiger partial charge on any atom is 0.240 e. The highest BCUT2D eigenvalue weighted by molar-refractivity contribution is 5.95. The van der Waals surface area contributed by atoms with Crippen LogP contribution in [-0.2, 0) is 19.8 Å². The molecule has 0 aliphatic heterocycles. The van der Waals surface area contributed by atoms with Crippen molar-refractivity contribution in [3.63, 3.8) is 0 Å². The lowest BCUT2D eigenvalue weighted by Crippen LogP contribution is -2.55. The van der Waals surface area contributed by atoms with Gasteiger partial charge in [-0.3, -0.25) is 14.4 Å². The zero-order valence-electron chi connectivity index (χ0n) is 16.1. The van der Waals surface area contributed by atoms with Gasteiger partial charge in [0, 0.05) is 12.8 Å². The zero-order valence-corrected chi connectivity index (χ0v) is 16.1. The van der Waals surface area contributed by atoms with E-state index in [2.05, 4.69) is 5.32 Å². The molecular formula is C23H26N2O3. The average Bonchev–Trinajstić information content (AvgIpc) is 2.72. The number of nitrogens with two attached hydrogens (primary N) is 1. The van der Waals surface area contributed by atoms with E-state index in [1.54, 1.807) is 0 Å². The van der Waals surface area contributed by atoms with Gasteiger partial charge in [-0.1, -0.05) is 60.7 Å². The minimum Gasteiger partial charge on any atom is -0.368 e. The molecule has 0 unspecified atom stereocenters. The largest absolute Gasteiger partial charge is 0.368 e. The summed E-state index contributed by atoms with van der Waals surface area (Å²) >= 11 is 0. The van der Waals surface area contributed by atoms with Gasteiger partial charge in [-0.05, 0) is 36.8 Å². The molecule has 1 saturated carbocycles. The van der Waals surface area contributed by atoms with Crippen LogP contribution in [0.4, 0.5) is 0 Å². The Labute approximate surface area is 165 Å². The summed E-state index contributed by atoms with van der Waals surface area (Å²) < 4.78 is 0. The Morgan fingerprint density at radius 2 is 1.57 bits per heavy atom. The van der Waals surface area contributed by atoms with Crippen LogP contribution in [0.1, 0.15) is 43.7 Å². The Hall–Kier alpha value is -2.95. The molecule has 0 spiro atoms. The number of amides is 2. The molecule has 0 heterocycles. The smallest absolute Gasteiger partial charge is 0.240 e. The van der Waals surface area contributed by atoms with Gasteiger partial charge < -0.3 is 11.1 Å². The van der Waals surface area contributed by atoms with Crippen molar-refractivity contribution in [3.05, 3.63) is 71.8 Å². The molecule has 3 N–H and O–H groups in total. The summed E-state index contributed by atoms with van der Waals surface area (Å²) in [7, 11) is 0. The third kappa shape index (κ3) is 3.98. The highest BCUT2D eigenvalue weighted by Gasteiger charge is 2.40. The number of carbonyl (C=O) groups is 3. The standard InChI is InChI=1S/C23H26N2O3/c1-23(17-10-4-2-5-11-17,18-12-6-3-7-13-18)22(28)25-20(21(24)27)16-9-8-14-19(26)15-16/h2-7,10-13,16,20H,8-9,14-15H2,1H3,(H2,24,27)(H,25,28)/t16-,20+/m0/s1. The Morgan fingerprint density at radius 1 is 1.04 bits per heavy atom. The number of primary amides is 1. The molecule has 3 rings (SSSR count). The van der Waals surface area contributed by atoms with Crippen LogP contribution in [0, 0.1) is 5.92 Å². The van der Waals surface area contributed by atoms with Crippen LogP contribution in [-0.4, -0.2) is 23.6 Å². The number of hydrogen-bond acceptors (Lipinski definition) is 3. The van der Waals surface area contributed by atoms with Crippen molar-refractivity contribution in [1.82, 2.24) is 5.32 Å². The SMILES string of the molecule is CC(C(=O)N[C@@H](C(N)=O)[C@H]1CCCC(=O)C1)(c1ccccc1)c1ccccc1. The van der Waals surface area contributed by atoms with Gasteiger partial charge in [0.2, 0.25) is 11.8 Å². The molecule has 2 atom stereocenters. The Kier molecular flexibility index (Phi) is 5.93. The number of nitrogens with one attached hydrogen (secondary N) is 1. The van der Waals surface area contributed by atoms with Gasteiger partial charge in [-0.2, -0.15) is 0 Å². The number of hydrogen-bond donors (Lipinski definition) is 2. The predicted octanol–water partition coefficient (Wildman–Crippen LogP) is 2.72. The minimum atomic E-state index is -0.991. The molecule has 2 aromatic rings. The molecule has 2 amide bonds. The van der Waals surface area contributed by atoms with E-state index < -0.39 is 17.4 Å². The van der Waals surface area contributed by atoms with Crippen LogP contribution in [0.2, 0.25) is 0 Å². The average molecular weight is 378 g/mol. The van der Waals surface area contributed by atoms with Crippen molar-refractivity contribution in [2.45, 2.75) is 44.1 Å². The number of carbonyl (C=O) groups excluding carboxylic acids is 3. The van der Waals surface area contributed by atoms with Gasteiger partial charge in [0.05, 0.1) is 5.41 Å². The van der Waals surface area contributed by atoms with E-state index in [-0.39, 0.29) is 24.0 Å². The number of Topliss-reactive ketones (excluding diaryl/α,β-unsaturated/α-hetero) is 1. The molecule has 0 bridgehead atoms. The van der Waals surface area contributed by atoms with Gasteiger partial charge in [0.1, 0.15) is 11.8 Å². The predicted molar refractivity (Wildman–Crippen MR) is 107 cm³/mol. The molecule has 1 aliphatic rings. The van der Waals surface area contributed by atoms with E-state index in [0.29, 0.717) is 12.8 Å². The molecule has 146 valence electrons. The van der Waals surface area contributed by atoms with Gasteiger partial charge in [0.15, 0.2) is 0 Å². The summed E-state index contributed by atoms with van der Waals surface area (Å²) in [4.78, 5) is 37.5. The summed E-state index contributed by atoms with van der Waals surface area (Å²) in [6.45, 7) is 1.84. The third-order valence-electron chi connectivity index (χ3n) is 5.74. The second kappa shape index (κ2) is 8.38. The summed E-state index contributed by atoms with van der Waals surface area (Å²) in [5.74, 6) is -1.03. The van der Waals surface area contributed by atoms with Gasteiger partial charge in [-0.25, -0.2) is 0 Å².